The van der Waals surface area contributed by atoms with Gasteiger partial charge in [0.1, 0.15) is 34.6 Å². The van der Waals surface area contributed by atoms with Crippen LogP contribution in [0.25, 0.3) is 32.9 Å². The van der Waals surface area contributed by atoms with E-state index >= 15 is 4.39 Å². The first kappa shape index (κ1) is 47.7. The third-order valence-electron chi connectivity index (χ3n) is 15.0. The number of carbonyl (C=O) groups is 3. The molecule has 6 aliphatic rings. The van der Waals surface area contributed by atoms with Crippen molar-refractivity contribution in [3.05, 3.63) is 77.0 Å². The second kappa shape index (κ2) is 20.0. The number of phenolic OH excluding ortho intramolecular Hbond substituents is 1. The normalized spacial score (nSPS) is 20.5. The maximum Gasteiger partial charge on any atom is 0.319 e. The zero-order valence-electron chi connectivity index (χ0n) is 39.9. The monoisotopic (exact) mass is 965 g/mol. The summed E-state index contributed by atoms with van der Waals surface area (Å²) < 4.78 is 38.4. The summed E-state index contributed by atoms with van der Waals surface area (Å²) in [5.74, 6) is 1.20. The van der Waals surface area contributed by atoms with E-state index in [1.807, 2.05) is 12.1 Å². The number of nitrogens with one attached hydrogen (secondary N) is 2. The topological polar surface area (TPSA) is 183 Å². The number of hydrogen-bond acceptors (Lipinski definition) is 14. The van der Waals surface area contributed by atoms with Crippen molar-refractivity contribution >= 4 is 50.9 Å². The fourth-order valence-electron chi connectivity index (χ4n) is 11.0. The van der Waals surface area contributed by atoms with Crippen LogP contribution in [0.2, 0.25) is 0 Å². The maximum atomic E-state index is 17.0. The van der Waals surface area contributed by atoms with E-state index in [0.717, 1.165) is 102 Å². The average molecular weight is 966 g/mol. The Morgan fingerprint density at radius 1 is 0.915 bits per heavy atom. The van der Waals surface area contributed by atoms with Crippen molar-refractivity contribution in [1.82, 2.24) is 40.3 Å². The number of piperidine rings is 2. The third kappa shape index (κ3) is 9.76. The number of halogens is 2. The van der Waals surface area contributed by atoms with Crippen LogP contribution in [0, 0.1) is 46.6 Å². The molecule has 3 amide bonds. The Bertz CT molecular complexity index is 2990. The third-order valence-corrected chi connectivity index (χ3v) is 15.0. The molecular weight excluding hydrogens is 909 g/mol. The molecule has 16 nitrogen and oxygen atoms in total. The molecule has 5 aliphatic heterocycles. The predicted octanol–water partition coefficient (Wildman–Crippen LogP) is 5.20. The van der Waals surface area contributed by atoms with Gasteiger partial charge in [0, 0.05) is 132 Å². The number of nitrogens with zero attached hydrogens (tertiary/aromatic N) is 9. The Hall–Kier alpha value is -6.99. The highest BCUT2D eigenvalue weighted by Gasteiger charge is 2.46. The van der Waals surface area contributed by atoms with Crippen LogP contribution < -0.4 is 25.2 Å². The first-order valence-corrected chi connectivity index (χ1v) is 24.6. The number of fused-ring (bicyclic) bond motifs is 3. The van der Waals surface area contributed by atoms with Crippen LogP contribution in [0.15, 0.2) is 48.7 Å². The number of terminal acetylenes is 1. The molecule has 0 bridgehead atoms. The van der Waals surface area contributed by atoms with Crippen LogP contribution in [-0.2, 0) is 16.1 Å². The molecule has 71 heavy (non-hydrogen) atoms. The van der Waals surface area contributed by atoms with E-state index < -0.39 is 23.6 Å². The highest BCUT2D eigenvalue weighted by atomic mass is 19.1. The van der Waals surface area contributed by atoms with Crippen LogP contribution in [0.3, 0.4) is 0 Å². The number of aromatic nitrogens is 3. The van der Waals surface area contributed by atoms with Crippen LogP contribution in [-0.4, -0.2) is 144 Å². The summed E-state index contributed by atoms with van der Waals surface area (Å²) >= 11 is 0. The second-order valence-corrected chi connectivity index (χ2v) is 19.7. The molecule has 2 aromatic heterocycles. The molecule has 3 aromatic carbocycles. The number of hydrogen-bond donors (Lipinski definition) is 3. The summed E-state index contributed by atoms with van der Waals surface area (Å²) in [5, 5.41) is 24.9. The Morgan fingerprint density at radius 2 is 1.66 bits per heavy atom. The van der Waals surface area contributed by atoms with E-state index in [1.54, 1.807) is 11.0 Å². The van der Waals surface area contributed by atoms with E-state index in [-0.39, 0.29) is 63.1 Å². The van der Waals surface area contributed by atoms with Gasteiger partial charge in [-0.15, -0.1) is 6.42 Å². The van der Waals surface area contributed by atoms with Gasteiger partial charge in [0.2, 0.25) is 11.8 Å². The summed E-state index contributed by atoms with van der Waals surface area (Å²) in [5.41, 5.74) is 2.66. The molecule has 368 valence electrons. The summed E-state index contributed by atoms with van der Waals surface area (Å²) in [6.07, 6.45) is 12.1. The van der Waals surface area contributed by atoms with Crippen molar-refractivity contribution in [3.63, 3.8) is 0 Å². The lowest BCUT2D eigenvalue weighted by Crippen LogP contribution is -2.52. The molecule has 7 heterocycles. The number of ether oxygens (including phenoxy) is 1. The van der Waals surface area contributed by atoms with Gasteiger partial charge >= 0.3 is 6.01 Å². The van der Waals surface area contributed by atoms with Gasteiger partial charge in [-0.2, -0.15) is 15.2 Å². The molecule has 1 aliphatic carbocycles. The molecule has 0 spiro atoms. The smallest absolute Gasteiger partial charge is 0.319 e. The van der Waals surface area contributed by atoms with E-state index in [4.69, 9.17) is 21.4 Å². The number of phenols is 1. The zero-order valence-corrected chi connectivity index (χ0v) is 39.9. The fraction of sp³-hybridized carbons (Fsp3) is 0.453. The number of aromatic hydroxyl groups is 1. The van der Waals surface area contributed by atoms with Gasteiger partial charge in [0.05, 0.1) is 23.6 Å². The molecule has 0 radical (unpaired) electrons. The quantitative estimate of drug-likeness (QED) is 0.116. The summed E-state index contributed by atoms with van der Waals surface area (Å²) in [7, 11) is 0. The largest absolute Gasteiger partial charge is 0.508 e. The second-order valence-electron chi connectivity index (χ2n) is 19.7. The number of anilines is 2. The van der Waals surface area contributed by atoms with Crippen LogP contribution >= 0.6 is 0 Å². The van der Waals surface area contributed by atoms with Crippen molar-refractivity contribution in [2.45, 2.75) is 58.0 Å². The molecule has 1 atom stereocenters. The number of imide groups is 1. The molecule has 11 rings (SSSR count). The zero-order chi connectivity index (χ0) is 49.4. The Kier molecular flexibility index (Phi) is 13.4. The van der Waals surface area contributed by atoms with Crippen LogP contribution in [0.5, 0.6) is 11.8 Å². The number of pyridine rings is 1. The first-order valence-electron chi connectivity index (χ1n) is 24.6. The van der Waals surface area contributed by atoms with Gasteiger partial charge in [0.15, 0.2) is 5.82 Å². The van der Waals surface area contributed by atoms with Crippen molar-refractivity contribution in [2.24, 2.45) is 11.3 Å². The fourth-order valence-corrected chi connectivity index (χ4v) is 11.0. The molecule has 4 saturated heterocycles. The Balaban J connectivity index is 0.00000189. The molecule has 5 aromatic rings. The summed E-state index contributed by atoms with van der Waals surface area (Å²) in [4.78, 5) is 62.7. The van der Waals surface area contributed by atoms with Gasteiger partial charge in [-0.3, -0.25) is 24.7 Å². The maximum absolute atomic E-state index is 17.0. The van der Waals surface area contributed by atoms with Crippen molar-refractivity contribution in [3.8, 4) is 41.4 Å². The van der Waals surface area contributed by atoms with Gasteiger partial charge < -0.3 is 39.7 Å². The number of nitriles is 1. The number of rotatable bonds is 11. The minimum atomic E-state index is -0.741. The Labute approximate surface area is 411 Å². The molecule has 3 N–H and O–H groups in total. The number of amides is 3. The number of piperazine rings is 2. The SMILES string of the molecule is C#Cc1c(F)ccc2cc(O)cc(-c3ncc4c(N5CCNCC5)nc(OCC5(CN6CCN(CC7CCN(c8ccc9c(c8)CN(C8CCC(=O)NC8=O)C9=O)CC7)CC6)CC5)nc4c3F)c12.CC#N. The summed E-state index contributed by atoms with van der Waals surface area (Å²) in [6.45, 7) is 12.8. The summed E-state index contributed by atoms with van der Waals surface area (Å²) in [6, 6.07) is 12.8. The minimum Gasteiger partial charge on any atom is -0.508 e. The van der Waals surface area contributed by atoms with Crippen LogP contribution in [0.1, 0.15) is 66.9 Å². The van der Waals surface area contributed by atoms with E-state index in [1.165, 1.54) is 37.4 Å². The Morgan fingerprint density at radius 3 is 2.38 bits per heavy atom. The van der Waals surface area contributed by atoms with Crippen molar-refractivity contribution in [2.75, 3.05) is 94.9 Å². The molecule has 18 heteroatoms. The van der Waals surface area contributed by atoms with E-state index in [0.29, 0.717) is 60.7 Å². The van der Waals surface area contributed by atoms with Gasteiger partial charge in [0.25, 0.3) is 5.91 Å². The van der Waals surface area contributed by atoms with Gasteiger partial charge in [-0.1, -0.05) is 12.0 Å². The van der Waals surface area contributed by atoms with E-state index in [2.05, 4.69) is 52.2 Å². The number of carbonyl (C=O) groups excluding carboxylic acids is 3. The molecular formula is C53H57F2N11O5. The lowest BCUT2D eigenvalue weighted by atomic mass is 9.95. The highest BCUT2D eigenvalue weighted by Crippen LogP contribution is 2.47. The minimum absolute atomic E-state index is 0.0244. The van der Waals surface area contributed by atoms with E-state index in [9.17, 15) is 23.9 Å². The average Bonchev–Trinajstić information content (AvgIpc) is 4.07. The molecule has 1 unspecified atom stereocenters. The van der Waals surface area contributed by atoms with Gasteiger partial charge in [-0.25, -0.2) is 8.78 Å². The lowest BCUT2D eigenvalue weighted by molar-refractivity contribution is -0.136. The van der Waals surface area contributed by atoms with Gasteiger partial charge in [-0.05, 0) is 85.4 Å². The number of benzene rings is 3. The highest BCUT2D eigenvalue weighted by molar-refractivity contribution is 6.06. The molecule has 1 saturated carbocycles. The lowest BCUT2D eigenvalue weighted by Gasteiger charge is -2.40. The van der Waals surface area contributed by atoms with Crippen molar-refractivity contribution in [1.29, 1.82) is 5.26 Å². The molecule has 5 fully saturated rings. The van der Waals surface area contributed by atoms with Crippen molar-refractivity contribution < 1.29 is 33.0 Å². The first-order chi connectivity index (χ1) is 34.4. The standard InChI is InChI=1S/C51H54F2N10O5.C2H3N/c1-2-36-40(52)6-3-32-24-35(64)25-38(43(32)36)45-44(53)46-39(26-55-45)47(62-17-13-54-14-18-62)58-50(57-46)68-30-51(11-12-51)29-60-21-19-59(20-22-60)27-31-9-15-61(16-10-31)34-4-5-37-33(23-34)28-63(49(37)67)41-7-8-42(65)56-48(41)66;1-2-3/h1,3-6,23-26,31,41,54,64H,7-22,27-30H2,(H,56,65,66);1H3. The predicted molar refractivity (Wildman–Crippen MR) is 264 cm³/mol. The van der Waals surface area contributed by atoms with Crippen LogP contribution in [0.4, 0.5) is 20.3 Å².